The first kappa shape index (κ1) is 11.5. The van der Waals surface area contributed by atoms with Crippen molar-refractivity contribution < 1.29 is 0 Å². The molecule has 0 amide bonds. The van der Waals surface area contributed by atoms with Gasteiger partial charge in [-0.05, 0) is 30.2 Å². The van der Waals surface area contributed by atoms with Crippen molar-refractivity contribution in [2.75, 3.05) is 5.75 Å². The zero-order chi connectivity index (χ0) is 10.4. The molecule has 0 saturated carbocycles. The summed E-state index contributed by atoms with van der Waals surface area (Å²) < 4.78 is 0. The molecule has 0 bridgehead atoms. The summed E-state index contributed by atoms with van der Waals surface area (Å²) in [6.45, 7) is 5.02. The van der Waals surface area contributed by atoms with E-state index >= 15 is 0 Å². The minimum absolute atomic E-state index is 0.533. The van der Waals surface area contributed by atoms with Crippen molar-refractivity contribution >= 4 is 11.8 Å². The fourth-order valence-corrected chi connectivity index (χ4v) is 2.40. The number of nitrogens with two attached hydrogens (primary N) is 1. The second kappa shape index (κ2) is 6.04. The van der Waals surface area contributed by atoms with Crippen molar-refractivity contribution in [1.82, 2.24) is 4.98 Å². The van der Waals surface area contributed by atoms with E-state index in [0.29, 0.717) is 6.54 Å². The van der Waals surface area contributed by atoms with Gasteiger partial charge in [0.1, 0.15) is 0 Å². The lowest BCUT2D eigenvalue weighted by atomic mass is 10.2. The Morgan fingerprint density at radius 3 is 2.93 bits per heavy atom. The van der Waals surface area contributed by atoms with Crippen molar-refractivity contribution in [2.24, 2.45) is 11.7 Å². The number of hydrogen-bond acceptors (Lipinski definition) is 3. The average molecular weight is 210 g/mol. The number of aromatic nitrogens is 1. The monoisotopic (exact) mass is 210 g/mol. The van der Waals surface area contributed by atoms with Gasteiger partial charge in [-0.1, -0.05) is 13.8 Å². The van der Waals surface area contributed by atoms with Gasteiger partial charge in [-0.25, -0.2) is 0 Å². The summed E-state index contributed by atoms with van der Waals surface area (Å²) >= 11 is 1.86. The van der Waals surface area contributed by atoms with Gasteiger partial charge in [0, 0.05) is 17.6 Å². The van der Waals surface area contributed by atoms with E-state index in [-0.39, 0.29) is 0 Å². The van der Waals surface area contributed by atoms with Crippen molar-refractivity contribution in [2.45, 2.75) is 31.7 Å². The molecule has 0 aliphatic rings. The second-order valence-corrected chi connectivity index (χ2v) is 4.82. The maximum absolute atomic E-state index is 5.61. The van der Waals surface area contributed by atoms with Gasteiger partial charge >= 0.3 is 0 Å². The minimum Gasteiger partial charge on any atom is -0.325 e. The first-order valence-electron chi connectivity index (χ1n) is 5.00. The molecule has 1 rings (SSSR count). The van der Waals surface area contributed by atoms with E-state index in [2.05, 4.69) is 24.9 Å². The Labute approximate surface area is 90.3 Å². The lowest BCUT2D eigenvalue weighted by Crippen LogP contribution is -2.01. The highest BCUT2D eigenvalue weighted by Crippen LogP contribution is 2.22. The summed E-state index contributed by atoms with van der Waals surface area (Å²) in [5.41, 5.74) is 6.62. The molecule has 78 valence electrons. The second-order valence-electron chi connectivity index (χ2n) is 3.68. The number of thioether (sulfide) groups is 1. The van der Waals surface area contributed by atoms with Crippen molar-refractivity contribution in [3.63, 3.8) is 0 Å². The van der Waals surface area contributed by atoms with Crippen LogP contribution >= 0.6 is 11.8 Å². The first-order chi connectivity index (χ1) is 6.74. The van der Waals surface area contributed by atoms with Gasteiger partial charge in [0.15, 0.2) is 0 Å². The third kappa shape index (κ3) is 3.68. The molecule has 1 heterocycles. The van der Waals surface area contributed by atoms with Gasteiger partial charge in [-0.15, -0.1) is 11.8 Å². The van der Waals surface area contributed by atoms with E-state index in [1.165, 1.54) is 11.3 Å². The minimum atomic E-state index is 0.533. The van der Waals surface area contributed by atoms with Crippen LogP contribution in [0.3, 0.4) is 0 Å². The summed E-state index contributed by atoms with van der Waals surface area (Å²) in [5.74, 6) is 1.91. The van der Waals surface area contributed by atoms with E-state index < -0.39 is 0 Å². The van der Waals surface area contributed by atoms with Crippen LogP contribution in [0.5, 0.6) is 0 Å². The number of hydrogen-bond donors (Lipinski definition) is 1. The lowest BCUT2D eigenvalue weighted by Gasteiger charge is -2.07. The van der Waals surface area contributed by atoms with E-state index in [0.717, 1.165) is 17.4 Å². The largest absolute Gasteiger partial charge is 0.325 e. The molecule has 0 saturated heterocycles. The highest BCUT2D eigenvalue weighted by molar-refractivity contribution is 7.99. The van der Waals surface area contributed by atoms with E-state index in [4.69, 9.17) is 5.73 Å². The quantitative estimate of drug-likeness (QED) is 0.759. The van der Waals surface area contributed by atoms with Crippen molar-refractivity contribution in [1.29, 1.82) is 0 Å². The summed E-state index contributed by atoms with van der Waals surface area (Å²) in [7, 11) is 0. The summed E-state index contributed by atoms with van der Waals surface area (Å²) in [6, 6.07) is 4.07. The molecule has 0 unspecified atom stereocenters. The zero-order valence-corrected chi connectivity index (χ0v) is 9.68. The van der Waals surface area contributed by atoms with Gasteiger partial charge in [-0.3, -0.25) is 4.98 Å². The molecule has 0 aromatic carbocycles. The van der Waals surface area contributed by atoms with Crippen LogP contribution in [0.4, 0.5) is 0 Å². The van der Waals surface area contributed by atoms with Crippen LogP contribution in [-0.2, 0) is 6.54 Å². The molecule has 2 N–H and O–H groups in total. The Hall–Kier alpha value is -0.540. The Morgan fingerprint density at radius 1 is 1.50 bits per heavy atom. The maximum atomic E-state index is 5.61. The molecular weight excluding hydrogens is 192 g/mol. The molecule has 0 spiro atoms. The Kier molecular flexibility index (Phi) is 4.98. The molecule has 2 nitrogen and oxygen atoms in total. The summed E-state index contributed by atoms with van der Waals surface area (Å²) in [6.07, 6.45) is 3.04. The Morgan fingerprint density at radius 2 is 2.29 bits per heavy atom. The van der Waals surface area contributed by atoms with Crippen LogP contribution in [0, 0.1) is 5.92 Å². The van der Waals surface area contributed by atoms with Gasteiger partial charge in [0.25, 0.3) is 0 Å². The predicted octanol–water partition coefficient (Wildman–Crippen LogP) is 2.68. The molecule has 0 aliphatic carbocycles. The highest BCUT2D eigenvalue weighted by atomic mass is 32.2. The zero-order valence-electron chi connectivity index (χ0n) is 8.86. The molecule has 0 atom stereocenters. The molecule has 0 fully saturated rings. The van der Waals surface area contributed by atoms with Crippen LogP contribution in [0.15, 0.2) is 23.2 Å². The molecule has 1 aromatic rings. The number of rotatable bonds is 5. The van der Waals surface area contributed by atoms with Crippen molar-refractivity contribution in [3.8, 4) is 0 Å². The van der Waals surface area contributed by atoms with Crippen LogP contribution in [-0.4, -0.2) is 10.7 Å². The van der Waals surface area contributed by atoms with Gasteiger partial charge < -0.3 is 5.73 Å². The van der Waals surface area contributed by atoms with Crippen LogP contribution < -0.4 is 5.73 Å². The van der Waals surface area contributed by atoms with Gasteiger partial charge in [-0.2, -0.15) is 0 Å². The lowest BCUT2D eigenvalue weighted by molar-refractivity contribution is 0.632. The van der Waals surface area contributed by atoms with Gasteiger partial charge in [0.2, 0.25) is 0 Å². The normalized spacial score (nSPS) is 10.9. The molecule has 1 aromatic heterocycles. The molecule has 14 heavy (non-hydrogen) atoms. The highest BCUT2D eigenvalue weighted by Gasteiger charge is 2.02. The third-order valence-corrected chi connectivity index (χ3v) is 3.12. The molecule has 0 aliphatic heterocycles. The van der Waals surface area contributed by atoms with Crippen LogP contribution in [0.2, 0.25) is 0 Å². The molecule has 3 heteroatoms. The predicted molar refractivity (Wildman–Crippen MR) is 62.3 cm³/mol. The van der Waals surface area contributed by atoms with Crippen LogP contribution in [0.1, 0.15) is 26.0 Å². The van der Waals surface area contributed by atoms with Crippen molar-refractivity contribution in [3.05, 3.63) is 24.0 Å². The molecular formula is C11H18N2S. The van der Waals surface area contributed by atoms with E-state index in [1.54, 1.807) is 6.20 Å². The number of pyridine rings is 1. The number of nitrogens with zero attached hydrogens (tertiary/aromatic N) is 1. The summed E-state index contributed by atoms with van der Waals surface area (Å²) in [4.78, 5) is 5.48. The third-order valence-electron chi connectivity index (χ3n) is 1.99. The Bertz CT molecular complexity index is 274. The fraction of sp³-hybridized carbons (Fsp3) is 0.545. The van der Waals surface area contributed by atoms with Gasteiger partial charge in [0.05, 0.1) is 5.69 Å². The molecule has 0 radical (unpaired) electrons. The summed E-state index contributed by atoms with van der Waals surface area (Å²) in [5, 5.41) is 0. The maximum Gasteiger partial charge on any atom is 0.0674 e. The smallest absolute Gasteiger partial charge is 0.0674 e. The Balaban J connectivity index is 2.49. The van der Waals surface area contributed by atoms with E-state index in [1.807, 2.05) is 17.8 Å². The standard InChI is InChI=1S/C11H18N2S/c1-9(2)5-7-14-11-4-3-6-13-10(11)8-12/h3-4,6,9H,5,7-8,12H2,1-2H3. The first-order valence-corrected chi connectivity index (χ1v) is 5.99. The average Bonchev–Trinajstić information content (AvgIpc) is 2.18. The SMILES string of the molecule is CC(C)CCSc1cccnc1CN. The topological polar surface area (TPSA) is 38.9 Å². The van der Waals surface area contributed by atoms with Crippen LogP contribution in [0.25, 0.3) is 0 Å². The fourth-order valence-electron chi connectivity index (χ4n) is 1.11. The van der Waals surface area contributed by atoms with E-state index in [9.17, 15) is 0 Å².